The number of aliphatic hydroxyl groups excluding tert-OH is 1. The van der Waals surface area contributed by atoms with Gasteiger partial charge in [0.25, 0.3) is 0 Å². The maximum atomic E-state index is 11.9. The normalized spacial score (nSPS) is 11.5. The average Bonchev–Trinajstić information content (AvgIpc) is 2.56. The van der Waals surface area contributed by atoms with Crippen molar-refractivity contribution in [1.82, 2.24) is 10.3 Å². The fraction of sp³-hybridized carbons (Fsp3) is 0.188. The zero-order valence-corrected chi connectivity index (χ0v) is 11.9. The first kappa shape index (κ1) is 15.7. The van der Waals surface area contributed by atoms with E-state index in [0.717, 1.165) is 5.56 Å². The first-order chi connectivity index (χ1) is 10.7. The number of carbonyl (C=O) groups excluding carboxylic acids is 2. The van der Waals surface area contributed by atoms with Crippen LogP contribution < -0.4 is 10.6 Å². The molecule has 0 radical (unpaired) electrons. The summed E-state index contributed by atoms with van der Waals surface area (Å²) in [5.41, 5.74) is 1.40. The number of nitrogens with zero attached hydrogens (tertiary/aromatic N) is 1. The third-order valence-electron chi connectivity index (χ3n) is 3.01. The van der Waals surface area contributed by atoms with Crippen molar-refractivity contribution in [3.8, 4) is 0 Å². The highest BCUT2D eigenvalue weighted by atomic mass is 16.3. The molecule has 0 saturated carbocycles. The molecule has 1 aromatic heterocycles. The van der Waals surface area contributed by atoms with Gasteiger partial charge in [-0.1, -0.05) is 30.3 Å². The number of aliphatic hydroxyl groups is 1. The van der Waals surface area contributed by atoms with Crippen LogP contribution in [0.1, 0.15) is 5.56 Å². The van der Waals surface area contributed by atoms with Gasteiger partial charge in [0, 0.05) is 6.20 Å². The molecular weight excluding hydrogens is 282 g/mol. The minimum atomic E-state index is -0.793. The van der Waals surface area contributed by atoms with Gasteiger partial charge in [-0.2, -0.15) is 0 Å². The molecule has 22 heavy (non-hydrogen) atoms. The summed E-state index contributed by atoms with van der Waals surface area (Å²) in [7, 11) is 0. The van der Waals surface area contributed by atoms with E-state index in [9.17, 15) is 14.7 Å². The van der Waals surface area contributed by atoms with Gasteiger partial charge >= 0.3 is 11.8 Å². The number of rotatable bonds is 5. The summed E-state index contributed by atoms with van der Waals surface area (Å²) in [6.45, 7) is -0.249. The first-order valence-corrected chi connectivity index (χ1v) is 6.85. The van der Waals surface area contributed by atoms with Gasteiger partial charge in [0.2, 0.25) is 0 Å². The Bertz CT molecular complexity index is 617. The van der Waals surface area contributed by atoms with Gasteiger partial charge in [-0.15, -0.1) is 0 Å². The summed E-state index contributed by atoms with van der Waals surface area (Å²) < 4.78 is 0. The molecule has 3 N–H and O–H groups in total. The number of carbonyl (C=O) groups is 2. The second-order valence-electron chi connectivity index (χ2n) is 4.74. The van der Waals surface area contributed by atoms with Gasteiger partial charge < -0.3 is 15.7 Å². The smallest absolute Gasteiger partial charge is 0.313 e. The van der Waals surface area contributed by atoms with Crippen LogP contribution in [0.2, 0.25) is 0 Å². The lowest BCUT2D eigenvalue weighted by atomic mass is 10.1. The molecule has 6 heteroatoms. The van der Waals surface area contributed by atoms with E-state index in [0.29, 0.717) is 12.1 Å². The van der Waals surface area contributed by atoms with E-state index in [1.807, 2.05) is 30.3 Å². The number of anilines is 1. The number of aromatic nitrogens is 1. The lowest BCUT2D eigenvalue weighted by molar-refractivity contribution is -0.136. The molecule has 0 aliphatic rings. The summed E-state index contributed by atoms with van der Waals surface area (Å²) in [6, 6.07) is 12.2. The van der Waals surface area contributed by atoms with Crippen LogP contribution in [0.4, 0.5) is 5.69 Å². The van der Waals surface area contributed by atoms with Crippen LogP contribution in [-0.2, 0) is 16.0 Å². The molecule has 0 aliphatic heterocycles. The Morgan fingerprint density at radius 1 is 1.09 bits per heavy atom. The molecule has 0 bridgehead atoms. The molecule has 0 aliphatic carbocycles. The topological polar surface area (TPSA) is 91.3 Å². The number of benzene rings is 1. The van der Waals surface area contributed by atoms with Gasteiger partial charge in [-0.25, -0.2) is 0 Å². The number of hydrogen-bond acceptors (Lipinski definition) is 4. The molecular formula is C16H17N3O3. The second-order valence-corrected chi connectivity index (χ2v) is 4.74. The zero-order valence-electron chi connectivity index (χ0n) is 11.9. The lowest BCUT2D eigenvalue weighted by Gasteiger charge is -2.16. The Kier molecular flexibility index (Phi) is 5.62. The van der Waals surface area contributed by atoms with Crippen molar-refractivity contribution in [2.45, 2.75) is 12.5 Å². The predicted molar refractivity (Wildman–Crippen MR) is 82.0 cm³/mol. The van der Waals surface area contributed by atoms with Gasteiger partial charge in [-0.3, -0.25) is 14.6 Å². The van der Waals surface area contributed by atoms with Crippen LogP contribution in [0.5, 0.6) is 0 Å². The summed E-state index contributed by atoms with van der Waals surface area (Å²) in [6.07, 6.45) is 3.46. The fourth-order valence-electron chi connectivity index (χ4n) is 1.94. The van der Waals surface area contributed by atoms with Crippen molar-refractivity contribution < 1.29 is 14.7 Å². The van der Waals surface area contributed by atoms with Crippen LogP contribution in [-0.4, -0.2) is 34.6 Å². The highest BCUT2D eigenvalue weighted by Gasteiger charge is 2.18. The minimum absolute atomic E-state index is 0.249. The van der Waals surface area contributed by atoms with Crippen molar-refractivity contribution >= 4 is 17.5 Å². The molecule has 0 spiro atoms. The number of pyridine rings is 1. The highest BCUT2D eigenvalue weighted by Crippen LogP contribution is 2.04. The molecule has 1 heterocycles. The minimum Gasteiger partial charge on any atom is -0.394 e. The second kappa shape index (κ2) is 7.90. The standard InChI is InChI=1S/C16H17N3O3/c20-11-14(9-12-5-2-1-3-6-12)19-16(22)15(21)18-13-7-4-8-17-10-13/h1-8,10,14,20H,9,11H2,(H,18,21)(H,19,22). The van der Waals surface area contributed by atoms with Crippen LogP contribution in [0, 0.1) is 0 Å². The molecule has 2 aromatic rings. The third-order valence-corrected chi connectivity index (χ3v) is 3.01. The molecule has 114 valence electrons. The third kappa shape index (κ3) is 4.68. The molecule has 1 atom stereocenters. The first-order valence-electron chi connectivity index (χ1n) is 6.85. The number of nitrogens with one attached hydrogen (secondary N) is 2. The maximum Gasteiger partial charge on any atom is 0.313 e. The monoisotopic (exact) mass is 299 g/mol. The van der Waals surface area contributed by atoms with Crippen LogP contribution in [0.15, 0.2) is 54.9 Å². The van der Waals surface area contributed by atoms with Gasteiger partial charge in [-0.05, 0) is 24.1 Å². The molecule has 2 rings (SSSR count). The van der Waals surface area contributed by atoms with Crippen molar-refractivity contribution in [1.29, 1.82) is 0 Å². The van der Waals surface area contributed by atoms with E-state index in [4.69, 9.17) is 0 Å². The van der Waals surface area contributed by atoms with Gasteiger partial charge in [0.05, 0.1) is 24.5 Å². The zero-order chi connectivity index (χ0) is 15.8. The SMILES string of the molecule is O=C(Nc1cccnc1)C(=O)NC(CO)Cc1ccccc1. The van der Waals surface area contributed by atoms with E-state index < -0.39 is 17.9 Å². The largest absolute Gasteiger partial charge is 0.394 e. The van der Waals surface area contributed by atoms with Crippen LogP contribution >= 0.6 is 0 Å². The fourth-order valence-corrected chi connectivity index (χ4v) is 1.94. The Hall–Kier alpha value is -2.73. The Morgan fingerprint density at radius 3 is 2.50 bits per heavy atom. The Morgan fingerprint density at radius 2 is 1.86 bits per heavy atom. The van der Waals surface area contributed by atoms with Crippen molar-refractivity contribution in [3.63, 3.8) is 0 Å². The Labute approximate surface area is 128 Å². The molecule has 1 aromatic carbocycles. The summed E-state index contributed by atoms with van der Waals surface area (Å²) in [5, 5.41) is 14.3. The highest BCUT2D eigenvalue weighted by molar-refractivity contribution is 6.39. The van der Waals surface area contributed by atoms with Crippen molar-refractivity contribution in [2.24, 2.45) is 0 Å². The number of hydrogen-bond donors (Lipinski definition) is 3. The average molecular weight is 299 g/mol. The summed E-state index contributed by atoms with van der Waals surface area (Å²) >= 11 is 0. The molecule has 2 amide bonds. The lowest BCUT2D eigenvalue weighted by Crippen LogP contribution is -2.44. The molecule has 1 unspecified atom stereocenters. The predicted octanol–water partition coefficient (Wildman–Crippen LogP) is 0.740. The molecule has 0 fully saturated rings. The van der Waals surface area contributed by atoms with E-state index in [-0.39, 0.29) is 6.61 Å². The van der Waals surface area contributed by atoms with E-state index >= 15 is 0 Å². The summed E-state index contributed by atoms with van der Waals surface area (Å²) in [5.74, 6) is -1.58. The molecule has 6 nitrogen and oxygen atoms in total. The quantitative estimate of drug-likeness (QED) is 0.710. The van der Waals surface area contributed by atoms with Crippen LogP contribution in [0.3, 0.4) is 0 Å². The van der Waals surface area contributed by atoms with Crippen molar-refractivity contribution in [2.75, 3.05) is 11.9 Å². The van der Waals surface area contributed by atoms with Gasteiger partial charge in [0.15, 0.2) is 0 Å². The van der Waals surface area contributed by atoms with E-state index in [2.05, 4.69) is 15.6 Å². The number of amides is 2. The van der Waals surface area contributed by atoms with E-state index in [1.165, 1.54) is 6.20 Å². The van der Waals surface area contributed by atoms with E-state index in [1.54, 1.807) is 18.3 Å². The van der Waals surface area contributed by atoms with Gasteiger partial charge in [0.1, 0.15) is 0 Å². The summed E-state index contributed by atoms with van der Waals surface area (Å²) in [4.78, 5) is 27.5. The van der Waals surface area contributed by atoms with Crippen LogP contribution in [0.25, 0.3) is 0 Å². The molecule has 0 saturated heterocycles. The Balaban J connectivity index is 1.90. The maximum absolute atomic E-state index is 11.9. The van der Waals surface area contributed by atoms with Crippen molar-refractivity contribution in [3.05, 3.63) is 60.4 Å².